The molecule has 1 unspecified atom stereocenters. The van der Waals surface area contributed by atoms with Crippen LogP contribution in [0.2, 0.25) is 0 Å². The molecule has 0 saturated carbocycles. The summed E-state index contributed by atoms with van der Waals surface area (Å²) >= 11 is 0. The number of nitrogens with zero attached hydrogens (tertiary/aromatic N) is 1. The maximum atomic E-state index is 11.7. The second-order valence-electron chi connectivity index (χ2n) is 3.34. The summed E-state index contributed by atoms with van der Waals surface area (Å²) in [7, 11) is 0. The number of rotatable bonds is 7. The SMILES string of the molecule is O=COC(CCC(=O)O)NC(=O)c1ccccn1. The zero-order chi connectivity index (χ0) is 13.4. The molecule has 7 nitrogen and oxygen atoms in total. The molecule has 0 saturated heterocycles. The fraction of sp³-hybridized carbons (Fsp3) is 0.273. The fourth-order valence-corrected chi connectivity index (χ4v) is 1.21. The molecule has 0 fully saturated rings. The molecule has 0 spiro atoms. The Morgan fingerprint density at radius 2 is 2.28 bits per heavy atom. The van der Waals surface area contributed by atoms with Gasteiger partial charge in [0.1, 0.15) is 5.69 Å². The third-order valence-electron chi connectivity index (χ3n) is 2.03. The lowest BCUT2D eigenvalue weighted by Gasteiger charge is -2.15. The number of pyridine rings is 1. The van der Waals surface area contributed by atoms with E-state index in [0.29, 0.717) is 0 Å². The second kappa shape index (κ2) is 7.00. The first-order valence-electron chi connectivity index (χ1n) is 5.16. The van der Waals surface area contributed by atoms with Gasteiger partial charge in [0.15, 0.2) is 6.23 Å². The summed E-state index contributed by atoms with van der Waals surface area (Å²) in [5.74, 6) is -1.57. The lowest BCUT2D eigenvalue weighted by Crippen LogP contribution is -2.37. The average molecular weight is 252 g/mol. The molecule has 1 atom stereocenters. The Kier molecular flexibility index (Phi) is 5.30. The lowest BCUT2D eigenvalue weighted by atomic mass is 10.2. The molecule has 1 aromatic heterocycles. The van der Waals surface area contributed by atoms with Crippen LogP contribution >= 0.6 is 0 Å². The summed E-state index contributed by atoms with van der Waals surface area (Å²) in [5, 5.41) is 10.9. The lowest BCUT2D eigenvalue weighted by molar-refractivity contribution is -0.141. The maximum Gasteiger partial charge on any atom is 0.303 e. The van der Waals surface area contributed by atoms with E-state index in [4.69, 9.17) is 5.11 Å². The largest absolute Gasteiger partial charge is 0.481 e. The van der Waals surface area contributed by atoms with E-state index in [-0.39, 0.29) is 25.0 Å². The standard InChI is InChI=1S/C11H12N2O5/c14-7-18-9(4-5-10(15)16)13-11(17)8-3-1-2-6-12-8/h1-3,6-7,9H,4-5H2,(H,13,17)(H,15,16). The Bertz CT molecular complexity index is 421. The molecule has 0 aromatic carbocycles. The van der Waals surface area contributed by atoms with Crippen LogP contribution in [0.15, 0.2) is 24.4 Å². The van der Waals surface area contributed by atoms with Crippen LogP contribution in [0.1, 0.15) is 23.3 Å². The summed E-state index contributed by atoms with van der Waals surface area (Å²) in [5.41, 5.74) is 0.160. The number of nitrogens with one attached hydrogen (secondary N) is 1. The Morgan fingerprint density at radius 1 is 1.50 bits per heavy atom. The van der Waals surface area contributed by atoms with Crippen LogP contribution in [0, 0.1) is 0 Å². The molecule has 0 aliphatic carbocycles. The zero-order valence-corrected chi connectivity index (χ0v) is 9.41. The number of aliphatic carboxylic acids is 1. The predicted molar refractivity (Wildman–Crippen MR) is 59.5 cm³/mol. The van der Waals surface area contributed by atoms with E-state index in [1.54, 1.807) is 12.1 Å². The molecule has 0 bridgehead atoms. The highest BCUT2D eigenvalue weighted by Crippen LogP contribution is 2.01. The Labute approximate surface area is 103 Å². The molecule has 18 heavy (non-hydrogen) atoms. The van der Waals surface area contributed by atoms with E-state index in [9.17, 15) is 14.4 Å². The summed E-state index contributed by atoms with van der Waals surface area (Å²) in [6.07, 6.45) is 0.239. The van der Waals surface area contributed by atoms with E-state index in [1.807, 2.05) is 0 Å². The first kappa shape index (κ1) is 13.6. The van der Waals surface area contributed by atoms with E-state index in [0.717, 1.165) is 0 Å². The van der Waals surface area contributed by atoms with Gasteiger partial charge in [0, 0.05) is 12.6 Å². The second-order valence-corrected chi connectivity index (χ2v) is 3.34. The molecule has 1 heterocycles. The number of hydrogen-bond acceptors (Lipinski definition) is 5. The number of carbonyl (C=O) groups excluding carboxylic acids is 2. The van der Waals surface area contributed by atoms with Gasteiger partial charge in [-0.2, -0.15) is 0 Å². The number of carboxylic acid groups (broad SMARTS) is 1. The van der Waals surface area contributed by atoms with Crippen LogP contribution in [0.25, 0.3) is 0 Å². The van der Waals surface area contributed by atoms with Gasteiger partial charge in [-0.05, 0) is 12.1 Å². The van der Waals surface area contributed by atoms with Crippen molar-refractivity contribution in [2.24, 2.45) is 0 Å². The van der Waals surface area contributed by atoms with Gasteiger partial charge in [-0.1, -0.05) is 6.07 Å². The van der Waals surface area contributed by atoms with Gasteiger partial charge in [-0.25, -0.2) is 0 Å². The molecule has 2 N–H and O–H groups in total. The van der Waals surface area contributed by atoms with E-state index < -0.39 is 18.1 Å². The minimum absolute atomic E-state index is 0.00729. The zero-order valence-electron chi connectivity index (χ0n) is 9.41. The molecule has 0 aliphatic heterocycles. The van der Waals surface area contributed by atoms with Gasteiger partial charge < -0.3 is 15.2 Å². The van der Waals surface area contributed by atoms with Crippen molar-refractivity contribution in [2.75, 3.05) is 0 Å². The number of ether oxygens (including phenoxy) is 1. The Balaban J connectivity index is 2.57. The van der Waals surface area contributed by atoms with Crippen molar-refractivity contribution in [1.82, 2.24) is 10.3 Å². The van der Waals surface area contributed by atoms with Gasteiger partial charge in [0.05, 0.1) is 6.42 Å². The molecule has 96 valence electrons. The highest BCUT2D eigenvalue weighted by Gasteiger charge is 2.16. The molecule has 7 heteroatoms. The third kappa shape index (κ3) is 4.60. The smallest absolute Gasteiger partial charge is 0.303 e. The van der Waals surface area contributed by atoms with E-state index >= 15 is 0 Å². The van der Waals surface area contributed by atoms with Crippen LogP contribution in [-0.4, -0.2) is 34.7 Å². The van der Waals surface area contributed by atoms with Crippen molar-refractivity contribution in [2.45, 2.75) is 19.1 Å². The summed E-state index contributed by atoms with van der Waals surface area (Å²) in [6, 6.07) is 4.78. The molecule has 1 rings (SSSR count). The Morgan fingerprint density at radius 3 is 2.83 bits per heavy atom. The van der Waals surface area contributed by atoms with Gasteiger partial charge in [-0.3, -0.25) is 19.4 Å². The van der Waals surface area contributed by atoms with Crippen molar-refractivity contribution in [3.05, 3.63) is 30.1 Å². The topological polar surface area (TPSA) is 106 Å². The molecule has 1 aromatic rings. The third-order valence-corrected chi connectivity index (χ3v) is 2.03. The van der Waals surface area contributed by atoms with E-state index in [1.165, 1.54) is 12.3 Å². The van der Waals surface area contributed by atoms with Crippen molar-refractivity contribution >= 4 is 18.3 Å². The van der Waals surface area contributed by atoms with Crippen LogP contribution in [0.5, 0.6) is 0 Å². The van der Waals surface area contributed by atoms with Crippen LogP contribution in [0.3, 0.4) is 0 Å². The van der Waals surface area contributed by atoms with Gasteiger partial charge >= 0.3 is 5.97 Å². The predicted octanol–water partition coefficient (Wildman–Crippen LogP) is 0.175. The van der Waals surface area contributed by atoms with Crippen molar-refractivity contribution in [1.29, 1.82) is 0 Å². The van der Waals surface area contributed by atoms with Gasteiger partial charge in [0.25, 0.3) is 12.4 Å². The highest BCUT2D eigenvalue weighted by molar-refractivity contribution is 5.92. The number of aromatic nitrogens is 1. The first-order valence-corrected chi connectivity index (χ1v) is 5.16. The normalized spacial score (nSPS) is 11.3. The fourth-order valence-electron chi connectivity index (χ4n) is 1.21. The van der Waals surface area contributed by atoms with E-state index in [2.05, 4.69) is 15.0 Å². The molecular weight excluding hydrogens is 240 g/mol. The first-order chi connectivity index (χ1) is 8.63. The number of carboxylic acids is 1. The van der Waals surface area contributed by atoms with Gasteiger partial charge in [0.2, 0.25) is 0 Å². The van der Waals surface area contributed by atoms with Crippen LogP contribution < -0.4 is 5.32 Å². The highest BCUT2D eigenvalue weighted by atomic mass is 16.5. The molecular formula is C11H12N2O5. The minimum atomic E-state index is -1.04. The van der Waals surface area contributed by atoms with Crippen LogP contribution in [-0.2, 0) is 14.3 Å². The molecule has 0 radical (unpaired) electrons. The number of amides is 1. The quantitative estimate of drug-likeness (QED) is 0.529. The van der Waals surface area contributed by atoms with Crippen LogP contribution in [0.4, 0.5) is 0 Å². The number of carbonyl (C=O) groups is 3. The summed E-state index contributed by atoms with van der Waals surface area (Å²) in [4.78, 5) is 36.1. The van der Waals surface area contributed by atoms with Crippen molar-refractivity contribution < 1.29 is 24.2 Å². The average Bonchev–Trinajstić information content (AvgIpc) is 2.37. The van der Waals surface area contributed by atoms with Crippen molar-refractivity contribution in [3.8, 4) is 0 Å². The van der Waals surface area contributed by atoms with Crippen molar-refractivity contribution in [3.63, 3.8) is 0 Å². The summed E-state index contributed by atoms with van der Waals surface area (Å²) in [6.45, 7) is 0.158. The summed E-state index contributed by atoms with van der Waals surface area (Å²) < 4.78 is 4.58. The number of hydrogen-bond donors (Lipinski definition) is 2. The monoisotopic (exact) mass is 252 g/mol. The van der Waals surface area contributed by atoms with Gasteiger partial charge in [-0.15, -0.1) is 0 Å². The molecule has 0 aliphatic rings. The maximum absolute atomic E-state index is 11.7. The Hall–Kier alpha value is -2.44. The molecule has 1 amide bonds. The minimum Gasteiger partial charge on any atom is -0.481 e.